The lowest BCUT2D eigenvalue weighted by Gasteiger charge is -2.13. The van der Waals surface area contributed by atoms with Crippen LogP contribution in [-0.2, 0) is 16.1 Å². The number of esters is 1. The van der Waals surface area contributed by atoms with Crippen LogP contribution in [0.4, 0.5) is 10.1 Å². The van der Waals surface area contributed by atoms with E-state index in [4.69, 9.17) is 16.3 Å². The molecule has 0 saturated carbocycles. The first-order valence-corrected chi connectivity index (χ1v) is 10.6. The first-order valence-electron chi connectivity index (χ1n) is 10.2. The summed E-state index contributed by atoms with van der Waals surface area (Å²) in [6.45, 7) is 1.15. The maximum atomic E-state index is 13.6. The van der Waals surface area contributed by atoms with Crippen LogP contribution in [0.15, 0.2) is 60.7 Å². The van der Waals surface area contributed by atoms with Crippen LogP contribution in [-0.4, -0.2) is 30.3 Å². The average Bonchev–Trinajstić information content (AvgIpc) is 3.08. The van der Waals surface area contributed by atoms with E-state index in [9.17, 15) is 23.6 Å². The molecule has 0 radical (unpaired) electrons. The number of nitrogens with one attached hydrogen (secondary N) is 1. The summed E-state index contributed by atoms with van der Waals surface area (Å²) in [5, 5.41) is 3.00. The zero-order valence-electron chi connectivity index (χ0n) is 17.9. The molecule has 0 aliphatic carbocycles. The Balaban J connectivity index is 1.38. The van der Waals surface area contributed by atoms with Gasteiger partial charge in [-0.3, -0.25) is 14.4 Å². The van der Waals surface area contributed by atoms with E-state index in [2.05, 4.69) is 5.32 Å². The smallest absolute Gasteiger partial charge is 0.338 e. The predicted octanol–water partition coefficient (Wildman–Crippen LogP) is 4.06. The summed E-state index contributed by atoms with van der Waals surface area (Å²) in [6.07, 6.45) is 0. The number of ether oxygens (including phenoxy) is 1. The number of rotatable bonds is 6. The summed E-state index contributed by atoms with van der Waals surface area (Å²) in [4.78, 5) is 50.9. The van der Waals surface area contributed by atoms with Crippen molar-refractivity contribution in [3.8, 4) is 0 Å². The second kappa shape index (κ2) is 9.44. The van der Waals surface area contributed by atoms with Crippen molar-refractivity contribution >= 4 is 41.0 Å². The van der Waals surface area contributed by atoms with E-state index in [-0.39, 0.29) is 29.1 Å². The van der Waals surface area contributed by atoms with Gasteiger partial charge in [0.2, 0.25) is 0 Å². The van der Waals surface area contributed by atoms with Gasteiger partial charge in [-0.25, -0.2) is 14.1 Å². The molecular formula is C25H18ClFN2O5. The van der Waals surface area contributed by atoms with Gasteiger partial charge in [0.15, 0.2) is 6.61 Å². The van der Waals surface area contributed by atoms with Gasteiger partial charge in [0.25, 0.3) is 17.7 Å². The van der Waals surface area contributed by atoms with Gasteiger partial charge in [-0.05, 0) is 66.6 Å². The molecule has 34 heavy (non-hydrogen) atoms. The molecule has 0 aromatic heterocycles. The number of aryl methyl sites for hydroxylation is 1. The minimum absolute atomic E-state index is 0.0197. The van der Waals surface area contributed by atoms with Gasteiger partial charge in [0, 0.05) is 11.6 Å². The maximum absolute atomic E-state index is 13.6. The Kier molecular flexibility index (Phi) is 6.43. The molecule has 3 aromatic rings. The molecule has 1 aliphatic heterocycles. The molecular weight excluding hydrogens is 463 g/mol. The van der Waals surface area contributed by atoms with Crippen molar-refractivity contribution in [2.45, 2.75) is 13.5 Å². The highest BCUT2D eigenvalue weighted by molar-refractivity contribution is 6.35. The molecule has 9 heteroatoms. The van der Waals surface area contributed by atoms with Gasteiger partial charge in [-0.15, -0.1) is 0 Å². The summed E-state index contributed by atoms with van der Waals surface area (Å²) < 4.78 is 18.6. The number of halogens is 2. The second-order valence-corrected chi connectivity index (χ2v) is 8.06. The molecule has 4 rings (SSSR count). The van der Waals surface area contributed by atoms with Gasteiger partial charge >= 0.3 is 5.97 Å². The summed E-state index contributed by atoms with van der Waals surface area (Å²) in [7, 11) is 0. The van der Waals surface area contributed by atoms with Crippen LogP contribution >= 0.6 is 11.6 Å². The van der Waals surface area contributed by atoms with E-state index >= 15 is 0 Å². The van der Waals surface area contributed by atoms with Crippen LogP contribution in [0.3, 0.4) is 0 Å². The van der Waals surface area contributed by atoms with E-state index in [0.29, 0.717) is 21.8 Å². The average molecular weight is 481 g/mol. The van der Waals surface area contributed by atoms with Crippen molar-refractivity contribution < 1.29 is 28.3 Å². The monoisotopic (exact) mass is 480 g/mol. The standard InChI is InChI=1S/C25H18ClFN2O5/c1-14-2-3-15(10-21(14)27)12-28-22(30)13-34-25(33)16-4-9-19-20(11-16)24(32)29(23(19)31)18-7-5-17(26)6-8-18/h2-11H,12-13H2,1H3,(H,28,30). The quantitative estimate of drug-likeness (QED) is 0.424. The fraction of sp³-hybridized carbons (Fsp3) is 0.120. The number of carbonyl (C=O) groups excluding carboxylic acids is 4. The molecule has 0 spiro atoms. The Morgan fingerprint density at radius 2 is 1.68 bits per heavy atom. The maximum Gasteiger partial charge on any atom is 0.338 e. The van der Waals surface area contributed by atoms with Crippen LogP contribution in [0.5, 0.6) is 0 Å². The first kappa shape index (κ1) is 23.1. The van der Waals surface area contributed by atoms with E-state index < -0.39 is 30.3 Å². The minimum Gasteiger partial charge on any atom is -0.452 e. The Morgan fingerprint density at radius 3 is 2.38 bits per heavy atom. The largest absolute Gasteiger partial charge is 0.452 e. The molecule has 3 amide bonds. The highest BCUT2D eigenvalue weighted by Crippen LogP contribution is 2.30. The number of anilines is 1. The van der Waals surface area contributed by atoms with Crippen LogP contribution in [0.1, 0.15) is 42.2 Å². The Hall–Kier alpha value is -4.04. The molecule has 1 aliphatic rings. The van der Waals surface area contributed by atoms with Gasteiger partial charge in [0.05, 0.1) is 22.4 Å². The summed E-state index contributed by atoms with van der Waals surface area (Å²) in [5.74, 6) is -2.88. The molecule has 0 unspecified atom stereocenters. The zero-order valence-corrected chi connectivity index (χ0v) is 18.7. The van der Waals surface area contributed by atoms with Gasteiger partial charge in [0.1, 0.15) is 5.82 Å². The van der Waals surface area contributed by atoms with Crippen LogP contribution in [0.2, 0.25) is 5.02 Å². The molecule has 3 aromatic carbocycles. The predicted molar refractivity (Wildman–Crippen MR) is 122 cm³/mol. The van der Waals surface area contributed by atoms with Gasteiger partial charge < -0.3 is 10.1 Å². The molecule has 7 nitrogen and oxygen atoms in total. The van der Waals surface area contributed by atoms with E-state index in [0.717, 1.165) is 4.90 Å². The fourth-order valence-corrected chi connectivity index (χ4v) is 3.53. The Morgan fingerprint density at radius 1 is 0.971 bits per heavy atom. The second-order valence-electron chi connectivity index (χ2n) is 7.62. The fourth-order valence-electron chi connectivity index (χ4n) is 3.40. The van der Waals surface area contributed by atoms with E-state index in [1.807, 2.05) is 0 Å². The van der Waals surface area contributed by atoms with E-state index in [1.165, 1.54) is 24.3 Å². The lowest BCUT2D eigenvalue weighted by atomic mass is 10.1. The van der Waals surface area contributed by atoms with Crippen molar-refractivity contribution in [3.63, 3.8) is 0 Å². The van der Waals surface area contributed by atoms with Gasteiger partial charge in [-0.1, -0.05) is 23.7 Å². The van der Waals surface area contributed by atoms with Crippen molar-refractivity contribution in [1.82, 2.24) is 5.32 Å². The molecule has 1 N–H and O–H groups in total. The molecule has 0 fully saturated rings. The van der Waals surface area contributed by atoms with Crippen molar-refractivity contribution in [2.24, 2.45) is 0 Å². The van der Waals surface area contributed by atoms with Crippen molar-refractivity contribution in [2.75, 3.05) is 11.5 Å². The minimum atomic E-state index is -0.829. The topological polar surface area (TPSA) is 92.8 Å². The van der Waals surface area contributed by atoms with E-state index in [1.54, 1.807) is 43.3 Å². The van der Waals surface area contributed by atoms with Crippen LogP contribution < -0.4 is 10.2 Å². The third-order valence-corrected chi connectivity index (χ3v) is 5.52. The lowest BCUT2D eigenvalue weighted by molar-refractivity contribution is -0.124. The molecule has 0 bridgehead atoms. The number of hydrogen-bond donors (Lipinski definition) is 1. The summed E-state index contributed by atoms with van der Waals surface area (Å²) in [6, 6.07) is 14.8. The van der Waals surface area contributed by atoms with Crippen molar-refractivity contribution in [3.05, 3.63) is 99.3 Å². The molecule has 0 saturated heterocycles. The number of benzene rings is 3. The third kappa shape index (κ3) is 4.67. The molecule has 172 valence electrons. The Labute approximate surface area is 199 Å². The van der Waals surface area contributed by atoms with Gasteiger partial charge in [-0.2, -0.15) is 0 Å². The highest BCUT2D eigenvalue weighted by atomic mass is 35.5. The number of fused-ring (bicyclic) bond motifs is 1. The first-order chi connectivity index (χ1) is 16.2. The summed E-state index contributed by atoms with van der Waals surface area (Å²) in [5.41, 5.74) is 1.64. The number of nitrogens with zero attached hydrogens (tertiary/aromatic N) is 1. The molecule has 0 atom stereocenters. The van der Waals surface area contributed by atoms with Crippen LogP contribution in [0.25, 0.3) is 0 Å². The normalized spacial score (nSPS) is 12.5. The lowest BCUT2D eigenvalue weighted by Crippen LogP contribution is -2.29. The third-order valence-electron chi connectivity index (χ3n) is 5.27. The zero-order chi connectivity index (χ0) is 24.4. The number of amides is 3. The Bertz CT molecular complexity index is 1320. The SMILES string of the molecule is Cc1ccc(CNC(=O)COC(=O)c2ccc3c(c2)C(=O)N(c2ccc(Cl)cc2)C3=O)cc1F. The molecule has 1 heterocycles. The summed E-state index contributed by atoms with van der Waals surface area (Å²) >= 11 is 5.87. The number of hydrogen-bond acceptors (Lipinski definition) is 5. The highest BCUT2D eigenvalue weighted by Gasteiger charge is 2.37. The number of imide groups is 1. The number of carbonyl (C=O) groups is 4. The van der Waals surface area contributed by atoms with Crippen LogP contribution in [0, 0.1) is 12.7 Å². The van der Waals surface area contributed by atoms with Crippen molar-refractivity contribution in [1.29, 1.82) is 0 Å².